The summed E-state index contributed by atoms with van der Waals surface area (Å²) >= 11 is 0. The van der Waals surface area contributed by atoms with Crippen molar-refractivity contribution in [3.63, 3.8) is 0 Å². The first kappa shape index (κ1) is 11.3. The van der Waals surface area contributed by atoms with Crippen LogP contribution in [-0.2, 0) is 9.53 Å². The number of hydrogen-bond acceptors (Lipinski definition) is 2. The van der Waals surface area contributed by atoms with E-state index in [1.54, 1.807) is 0 Å². The maximum atomic E-state index is 11.5. The molecule has 0 saturated carbocycles. The standard InChI is InChI=1S/C12H20O2/c1-3-14-12(13)10(2)11-8-6-4-5-7-9-11/h8,10H,3-7,9H2,1-2H3. The first-order valence-corrected chi connectivity index (χ1v) is 5.61. The highest BCUT2D eigenvalue weighted by Gasteiger charge is 2.19. The van der Waals surface area contributed by atoms with Crippen molar-refractivity contribution in [2.45, 2.75) is 46.0 Å². The molecule has 1 unspecified atom stereocenters. The molecule has 1 aliphatic carbocycles. The highest BCUT2D eigenvalue weighted by Crippen LogP contribution is 2.24. The minimum absolute atomic E-state index is 0.0342. The third-order valence-corrected chi connectivity index (χ3v) is 2.77. The summed E-state index contributed by atoms with van der Waals surface area (Å²) in [5.74, 6) is -0.103. The number of hydrogen-bond donors (Lipinski definition) is 0. The molecule has 14 heavy (non-hydrogen) atoms. The predicted molar refractivity (Wildman–Crippen MR) is 57.0 cm³/mol. The van der Waals surface area contributed by atoms with E-state index >= 15 is 0 Å². The normalized spacial score (nSPS) is 19.4. The Morgan fingerprint density at radius 3 is 3.00 bits per heavy atom. The molecule has 0 heterocycles. The predicted octanol–water partition coefficient (Wildman–Crippen LogP) is 3.08. The zero-order chi connectivity index (χ0) is 10.4. The van der Waals surface area contributed by atoms with Crippen LogP contribution in [0.1, 0.15) is 46.0 Å². The van der Waals surface area contributed by atoms with E-state index in [1.165, 1.54) is 24.8 Å². The van der Waals surface area contributed by atoms with Crippen molar-refractivity contribution in [3.05, 3.63) is 11.6 Å². The van der Waals surface area contributed by atoms with Gasteiger partial charge in [-0.25, -0.2) is 0 Å². The molecule has 2 heteroatoms. The monoisotopic (exact) mass is 196 g/mol. The molecule has 1 aliphatic rings. The van der Waals surface area contributed by atoms with Gasteiger partial charge < -0.3 is 4.74 Å². The smallest absolute Gasteiger partial charge is 0.312 e. The van der Waals surface area contributed by atoms with Gasteiger partial charge in [0, 0.05) is 0 Å². The van der Waals surface area contributed by atoms with Gasteiger partial charge in [-0.15, -0.1) is 0 Å². The maximum Gasteiger partial charge on any atom is 0.312 e. The van der Waals surface area contributed by atoms with E-state index in [0.29, 0.717) is 6.61 Å². The number of rotatable bonds is 3. The lowest BCUT2D eigenvalue weighted by Crippen LogP contribution is -2.16. The largest absolute Gasteiger partial charge is 0.466 e. The van der Waals surface area contributed by atoms with Crippen LogP contribution in [0.15, 0.2) is 11.6 Å². The molecule has 0 bridgehead atoms. The van der Waals surface area contributed by atoms with Gasteiger partial charge in [-0.2, -0.15) is 0 Å². The van der Waals surface area contributed by atoms with Gasteiger partial charge in [-0.3, -0.25) is 4.79 Å². The molecular weight excluding hydrogens is 176 g/mol. The van der Waals surface area contributed by atoms with Crippen molar-refractivity contribution in [3.8, 4) is 0 Å². The van der Waals surface area contributed by atoms with E-state index < -0.39 is 0 Å². The number of carbonyl (C=O) groups is 1. The van der Waals surface area contributed by atoms with E-state index in [2.05, 4.69) is 6.08 Å². The average molecular weight is 196 g/mol. The lowest BCUT2D eigenvalue weighted by molar-refractivity contribution is -0.146. The zero-order valence-electron chi connectivity index (χ0n) is 9.21. The Balaban J connectivity index is 2.52. The quantitative estimate of drug-likeness (QED) is 0.512. The maximum absolute atomic E-state index is 11.5. The van der Waals surface area contributed by atoms with Gasteiger partial charge in [0.2, 0.25) is 0 Å². The summed E-state index contributed by atoms with van der Waals surface area (Å²) in [5.41, 5.74) is 1.28. The van der Waals surface area contributed by atoms with Gasteiger partial charge in [0.05, 0.1) is 12.5 Å². The molecule has 0 aliphatic heterocycles. The molecular formula is C12H20O2. The molecule has 0 amide bonds. The molecule has 0 N–H and O–H groups in total. The number of ether oxygens (including phenoxy) is 1. The fourth-order valence-corrected chi connectivity index (χ4v) is 1.85. The first-order chi connectivity index (χ1) is 6.75. The van der Waals surface area contributed by atoms with Crippen LogP contribution in [0.3, 0.4) is 0 Å². The van der Waals surface area contributed by atoms with Crippen molar-refractivity contribution < 1.29 is 9.53 Å². The molecule has 0 aromatic carbocycles. The van der Waals surface area contributed by atoms with Gasteiger partial charge in [-0.05, 0) is 39.5 Å². The number of allylic oxidation sites excluding steroid dienone is 1. The minimum atomic E-state index is -0.0688. The lowest BCUT2D eigenvalue weighted by Gasteiger charge is -2.13. The lowest BCUT2D eigenvalue weighted by atomic mass is 9.97. The Labute approximate surface area is 86.3 Å². The molecule has 0 aromatic rings. The second-order valence-corrected chi connectivity index (χ2v) is 3.85. The van der Waals surface area contributed by atoms with Crippen molar-refractivity contribution in [1.82, 2.24) is 0 Å². The average Bonchev–Trinajstić information content (AvgIpc) is 2.45. The fourth-order valence-electron chi connectivity index (χ4n) is 1.85. The summed E-state index contributed by atoms with van der Waals surface area (Å²) < 4.78 is 5.02. The van der Waals surface area contributed by atoms with Gasteiger partial charge in [-0.1, -0.05) is 18.1 Å². The van der Waals surface area contributed by atoms with Gasteiger partial charge in [0.15, 0.2) is 0 Å². The highest BCUT2D eigenvalue weighted by atomic mass is 16.5. The second-order valence-electron chi connectivity index (χ2n) is 3.85. The fraction of sp³-hybridized carbons (Fsp3) is 0.750. The van der Waals surface area contributed by atoms with Crippen LogP contribution in [0.4, 0.5) is 0 Å². The van der Waals surface area contributed by atoms with Crippen LogP contribution < -0.4 is 0 Å². The Bertz CT molecular complexity index is 218. The Morgan fingerprint density at radius 2 is 2.29 bits per heavy atom. The van der Waals surface area contributed by atoms with E-state index in [4.69, 9.17) is 4.74 Å². The van der Waals surface area contributed by atoms with Crippen LogP contribution in [0.2, 0.25) is 0 Å². The summed E-state index contributed by atoms with van der Waals surface area (Å²) in [6, 6.07) is 0. The van der Waals surface area contributed by atoms with Crippen LogP contribution >= 0.6 is 0 Å². The Kier molecular flexibility index (Phi) is 4.71. The molecule has 2 nitrogen and oxygen atoms in total. The minimum Gasteiger partial charge on any atom is -0.466 e. The van der Waals surface area contributed by atoms with E-state index in [0.717, 1.165) is 12.8 Å². The van der Waals surface area contributed by atoms with Crippen molar-refractivity contribution in [2.24, 2.45) is 5.92 Å². The Hall–Kier alpha value is -0.790. The molecule has 0 radical (unpaired) electrons. The molecule has 0 spiro atoms. The van der Waals surface area contributed by atoms with Crippen molar-refractivity contribution in [1.29, 1.82) is 0 Å². The van der Waals surface area contributed by atoms with E-state index in [1.807, 2.05) is 13.8 Å². The van der Waals surface area contributed by atoms with Crippen LogP contribution in [0.25, 0.3) is 0 Å². The zero-order valence-corrected chi connectivity index (χ0v) is 9.21. The first-order valence-electron chi connectivity index (χ1n) is 5.61. The number of esters is 1. The topological polar surface area (TPSA) is 26.3 Å². The van der Waals surface area contributed by atoms with Gasteiger partial charge in [0.25, 0.3) is 0 Å². The molecule has 0 saturated heterocycles. The number of carbonyl (C=O) groups excluding carboxylic acids is 1. The summed E-state index contributed by atoms with van der Waals surface area (Å²) in [4.78, 5) is 11.5. The molecule has 0 fully saturated rings. The van der Waals surface area contributed by atoms with Crippen LogP contribution in [-0.4, -0.2) is 12.6 Å². The van der Waals surface area contributed by atoms with E-state index in [9.17, 15) is 4.79 Å². The van der Waals surface area contributed by atoms with Crippen LogP contribution in [0, 0.1) is 5.92 Å². The van der Waals surface area contributed by atoms with Crippen molar-refractivity contribution in [2.75, 3.05) is 6.61 Å². The van der Waals surface area contributed by atoms with Crippen LogP contribution in [0.5, 0.6) is 0 Å². The van der Waals surface area contributed by atoms with Gasteiger partial charge >= 0.3 is 5.97 Å². The summed E-state index contributed by atoms with van der Waals surface area (Å²) in [6.45, 7) is 4.29. The third-order valence-electron chi connectivity index (χ3n) is 2.77. The molecule has 1 rings (SSSR count). The second kappa shape index (κ2) is 5.84. The SMILES string of the molecule is CCOC(=O)C(C)C1=CCCCCC1. The highest BCUT2D eigenvalue weighted by molar-refractivity contribution is 5.75. The third kappa shape index (κ3) is 3.17. The summed E-state index contributed by atoms with van der Waals surface area (Å²) in [6.07, 6.45) is 8.19. The Morgan fingerprint density at radius 1 is 1.50 bits per heavy atom. The molecule has 0 aromatic heterocycles. The van der Waals surface area contributed by atoms with E-state index in [-0.39, 0.29) is 11.9 Å². The van der Waals surface area contributed by atoms with Gasteiger partial charge in [0.1, 0.15) is 0 Å². The van der Waals surface area contributed by atoms with Crippen molar-refractivity contribution >= 4 is 5.97 Å². The molecule has 1 atom stereocenters. The molecule has 80 valence electrons. The summed E-state index contributed by atoms with van der Waals surface area (Å²) in [7, 11) is 0. The summed E-state index contributed by atoms with van der Waals surface area (Å²) in [5, 5.41) is 0.